The average Bonchev–Trinajstić information content (AvgIpc) is 3.16. The smallest absolute Gasteiger partial charge is 0.241 e. The molecule has 0 atom stereocenters. The maximum Gasteiger partial charge on any atom is 0.241 e. The Morgan fingerprint density at radius 1 is 1.33 bits per heavy atom. The molecule has 0 spiro atoms. The van der Waals surface area contributed by atoms with Crippen molar-refractivity contribution in [1.82, 2.24) is 15.1 Å². The van der Waals surface area contributed by atoms with E-state index in [9.17, 15) is 9.18 Å². The van der Waals surface area contributed by atoms with Gasteiger partial charge in [0.25, 0.3) is 0 Å². The lowest BCUT2D eigenvalue weighted by molar-refractivity contribution is -0.122. The summed E-state index contributed by atoms with van der Waals surface area (Å²) in [5.41, 5.74) is 1.81. The van der Waals surface area contributed by atoms with Crippen molar-refractivity contribution >= 4 is 11.6 Å². The van der Waals surface area contributed by atoms with Crippen LogP contribution in [0.4, 0.5) is 10.1 Å². The van der Waals surface area contributed by atoms with Crippen LogP contribution in [-0.4, -0.2) is 21.7 Å². The van der Waals surface area contributed by atoms with Crippen LogP contribution in [0.1, 0.15) is 18.4 Å². The maximum atomic E-state index is 12.8. The maximum absolute atomic E-state index is 12.8. The Hall–Kier alpha value is -2.37. The summed E-state index contributed by atoms with van der Waals surface area (Å²) < 4.78 is 14.4. The molecule has 1 aliphatic rings. The highest BCUT2D eigenvalue weighted by Gasteiger charge is 2.23. The molecule has 3 rings (SSSR count). The van der Waals surface area contributed by atoms with Crippen LogP contribution in [-0.2, 0) is 17.9 Å². The number of hydrogen-bond acceptors (Lipinski definition) is 3. The standard InChI is InChI=1S/C15H17FN4O/c16-12-3-1-11(2-4-12)7-17-14-8-18-20(9-14)10-15(21)19-13-5-6-13/h1-4,8-9,13,17H,5-7,10H2,(H,19,21). The van der Waals surface area contributed by atoms with Gasteiger partial charge in [0.15, 0.2) is 0 Å². The van der Waals surface area contributed by atoms with Crippen LogP contribution in [0.3, 0.4) is 0 Å². The van der Waals surface area contributed by atoms with Gasteiger partial charge in [-0.05, 0) is 30.5 Å². The lowest BCUT2D eigenvalue weighted by Gasteiger charge is -2.04. The number of nitrogens with zero attached hydrogens (tertiary/aromatic N) is 2. The van der Waals surface area contributed by atoms with Gasteiger partial charge in [0.2, 0.25) is 5.91 Å². The van der Waals surface area contributed by atoms with Crippen molar-refractivity contribution in [2.45, 2.75) is 32.0 Å². The molecular weight excluding hydrogens is 271 g/mol. The molecule has 1 aromatic heterocycles. The lowest BCUT2D eigenvalue weighted by atomic mass is 10.2. The Morgan fingerprint density at radius 3 is 2.81 bits per heavy atom. The number of carbonyl (C=O) groups excluding carboxylic acids is 1. The molecule has 21 heavy (non-hydrogen) atoms. The second kappa shape index (κ2) is 5.95. The lowest BCUT2D eigenvalue weighted by Crippen LogP contribution is -2.29. The van der Waals surface area contributed by atoms with Crippen molar-refractivity contribution in [1.29, 1.82) is 0 Å². The van der Waals surface area contributed by atoms with Crippen LogP contribution >= 0.6 is 0 Å². The first-order chi connectivity index (χ1) is 10.2. The van der Waals surface area contributed by atoms with E-state index in [1.54, 1.807) is 29.2 Å². The van der Waals surface area contributed by atoms with Crippen molar-refractivity contribution in [3.05, 3.63) is 48.0 Å². The van der Waals surface area contributed by atoms with Gasteiger partial charge in [-0.25, -0.2) is 4.39 Å². The van der Waals surface area contributed by atoms with Gasteiger partial charge in [-0.3, -0.25) is 9.48 Å². The highest BCUT2D eigenvalue weighted by Crippen LogP contribution is 2.18. The number of halogens is 1. The predicted octanol–water partition coefficient (Wildman–Crippen LogP) is 1.91. The van der Waals surface area contributed by atoms with Crippen LogP contribution in [0, 0.1) is 5.82 Å². The highest BCUT2D eigenvalue weighted by molar-refractivity contribution is 5.76. The molecule has 0 aliphatic heterocycles. The normalized spacial score (nSPS) is 14.0. The third kappa shape index (κ3) is 4.05. The van der Waals surface area contributed by atoms with E-state index in [-0.39, 0.29) is 18.3 Å². The molecule has 2 aromatic rings. The summed E-state index contributed by atoms with van der Waals surface area (Å²) in [4.78, 5) is 11.7. The van der Waals surface area contributed by atoms with Crippen molar-refractivity contribution in [3.63, 3.8) is 0 Å². The first-order valence-corrected chi connectivity index (χ1v) is 6.99. The first kappa shape index (κ1) is 13.6. The molecule has 6 heteroatoms. The van der Waals surface area contributed by atoms with E-state index in [1.165, 1.54) is 12.1 Å². The zero-order valence-electron chi connectivity index (χ0n) is 11.6. The number of anilines is 1. The molecule has 2 N–H and O–H groups in total. The topological polar surface area (TPSA) is 59.0 Å². The van der Waals surface area contributed by atoms with Crippen LogP contribution in [0.2, 0.25) is 0 Å². The number of benzene rings is 1. The molecule has 1 heterocycles. The van der Waals surface area contributed by atoms with Crippen molar-refractivity contribution in [2.75, 3.05) is 5.32 Å². The van der Waals surface area contributed by atoms with Gasteiger partial charge in [-0.1, -0.05) is 12.1 Å². The molecule has 0 unspecified atom stereocenters. The Kier molecular flexibility index (Phi) is 3.85. The van der Waals surface area contributed by atoms with Gasteiger partial charge >= 0.3 is 0 Å². The van der Waals surface area contributed by atoms with Crippen molar-refractivity contribution < 1.29 is 9.18 Å². The quantitative estimate of drug-likeness (QED) is 0.853. The fraction of sp³-hybridized carbons (Fsp3) is 0.333. The Balaban J connectivity index is 1.49. The monoisotopic (exact) mass is 288 g/mol. The average molecular weight is 288 g/mol. The minimum Gasteiger partial charge on any atom is -0.378 e. The molecule has 0 radical (unpaired) electrons. The Labute approximate surface area is 122 Å². The molecule has 1 aromatic carbocycles. The summed E-state index contributed by atoms with van der Waals surface area (Å²) >= 11 is 0. The number of nitrogens with one attached hydrogen (secondary N) is 2. The van der Waals surface area contributed by atoms with E-state index in [1.807, 2.05) is 0 Å². The third-order valence-corrected chi connectivity index (χ3v) is 3.29. The van der Waals surface area contributed by atoms with E-state index < -0.39 is 0 Å². The number of aromatic nitrogens is 2. The van der Waals surface area contributed by atoms with Crippen LogP contribution in [0.5, 0.6) is 0 Å². The second-order valence-electron chi connectivity index (χ2n) is 5.25. The number of hydrogen-bond donors (Lipinski definition) is 2. The van der Waals surface area contributed by atoms with E-state index in [0.29, 0.717) is 12.6 Å². The molecule has 5 nitrogen and oxygen atoms in total. The van der Waals surface area contributed by atoms with Crippen LogP contribution in [0.25, 0.3) is 0 Å². The van der Waals surface area contributed by atoms with Crippen molar-refractivity contribution in [3.8, 4) is 0 Å². The number of carbonyl (C=O) groups is 1. The molecule has 0 saturated heterocycles. The summed E-state index contributed by atoms with van der Waals surface area (Å²) in [7, 11) is 0. The summed E-state index contributed by atoms with van der Waals surface area (Å²) in [6.45, 7) is 0.814. The van der Waals surface area contributed by atoms with E-state index in [2.05, 4.69) is 15.7 Å². The SMILES string of the molecule is O=C(Cn1cc(NCc2ccc(F)cc2)cn1)NC1CC1. The molecule has 1 fully saturated rings. The fourth-order valence-corrected chi connectivity index (χ4v) is 2.00. The van der Waals surface area contributed by atoms with Crippen LogP contribution in [0.15, 0.2) is 36.7 Å². The fourth-order valence-electron chi connectivity index (χ4n) is 2.00. The number of amides is 1. The number of rotatable bonds is 6. The predicted molar refractivity (Wildman–Crippen MR) is 77.1 cm³/mol. The third-order valence-electron chi connectivity index (χ3n) is 3.29. The van der Waals surface area contributed by atoms with Crippen molar-refractivity contribution in [2.24, 2.45) is 0 Å². The van der Waals surface area contributed by atoms with Gasteiger partial charge in [-0.2, -0.15) is 5.10 Å². The van der Waals surface area contributed by atoms with E-state index in [0.717, 1.165) is 24.1 Å². The molecule has 0 bridgehead atoms. The molecule has 110 valence electrons. The second-order valence-corrected chi connectivity index (χ2v) is 5.25. The van der Waals surface area contributed by atoms with Gasteiger partial charge in [-0.15, -0.1) is 0 Å². The molecule has 1 aliphatic carbocycles. The summed E-state index contributed by atoms with van der Waals surface area (Å²) in [5, 5.41) is 10.3. The first-order valence-electron chi connectivity index (χ1n) is 6.99. The minimum atomic E-state index is -0.242. The van der Waals surface area contributed by atoms with Crippen LogP contribution < -0.4 is 10.6 Å². The van der Waals surface area contributed by atoms with Gasteiger partial charge in [0.1, 0.15) is 12.4 Å². The summed E-state index contributed by atoms with van der Waals surface area (Å²) in [6.07, 6.45) is 5.62. The molecule has 1 amide bonds. The molecular formula is C15H17FN4O. The van der Waals surface area contributed by atoms with E-state index >= 15 is 0 Å². The van der Waals surface area contributed by atoms with E-state index in [4.69, 9.17) is 0 Å². The van der Waals surface area contributed by atoms with Gasteiger partial charge in [0.05, 0.1) is 11.9 Å². The summed E-state index contributed by atoms with van der Waals surface area (Å²) in [6, 6.07) is 6.70. The molecule has 1 saturated carbocycles. The zero-order chi connectivity index (χ0) is 14.7. The summed E-state index contributed by atoms with van der Waals surface area (Å²) in [5.74, 6) is -0.251. The zero-order valence-corrected chi connectivity index (χ0v) is 11.6. The van der Waals surface area contributed by atoms with Gasteiger partial charge in [0, 0.05) is 18.8 Å². The minimum absolute atomic E-state index is 0.00863. The Bertz CT molecular complexity index is 619. The highest BCUT2D eigenvalue weighted by atomic mass is 19.1. The Morgan fingerprint density at radius 2 is 2.10 bits per heavy atom. The largest absolute Gasteiger partial charge is 0.378 e. The van der Waals surface area contributed by atoms with Gasteiger partial charge < -0.3 is 10.6 Å².